The van der Waals surface area contributed by atoms with Crippen LogP contribution in [0.3, 0.4) is 0 Å². The van der Waals surface area contributed by atoms with Gasteiger partial charge < -0.3 is 9.30 Å². The molecule has 3 aromatic heterocycles. The number of imidazole rings is 1. The average Bonchev–Trinajstić information content (AvgIpc) is 3.44. The smallest absolute Gasteiger partial charge is 0.131 e. The van der Waals surface area contributed by atoms with Crippen molar-refractivity contribution < 1.29 is 9.13 Å². The summed E-state index contributed by atoms with van der Waals surface area (Å²) < 4.78 is 24.6. The number of rotatable bonds is 6. The van der Waals surface area contributed by atoms with Crippen molar-refractivity contribution in [1.29, 1.82) is 0 Å². The largest absolute Gasteiger partial charge is 0.492 e. The van der Waals surface area contributed by atoms with Crippen molar-refractivity contribution in [2.24, 2.45) is 20.0 Å². The van der Waals surface area contributed by atoms with Crippen LogP contribution >= 0.6 is 22.6 Å². The number of hydrogen-bond donors (Lipinski definition) is 0. The zero-order valence-corrected chi connectivity index (χ0v) is 19.2. The molecule has 1 aliphatic rings. The summed E-state index contributed by atoms with van der Waals surface area (Å²) in [5.41, 5.74) is 4.71. The van der Waals surface area contributed by atoms with Crippen molar-refractivity contribution >= 4 is 22.6 Å². The Balaban J connectivity index is 1.59. The first-order valence-corrected chi connectivity index (χ1v) is 11.0. The number of aryl methyl sites for hydroxylation is 2. The molecule has 1 aromatic carbocycles. The fourth-order valence-electron chi connectivity index (χ4n) is 3.47. The van der Waals surface area contributed by atoms with Crippen molar-refractivity contribution in [3.63, 3.8) is 0 Å². The maximum Gasteiger partial charge on any atom is 0.131 e. The van der Waals surface area contributed by atoms with Crippen molar-refractivity contribution in [2.75, 3.05) is 6.61 Å². The molecule has 0 aliphatic heterocycles. The van der Waals surface area contributed by atoms with Crippen molar-refractivity contribution in [1.82, 2.24) is 29.5 Å². The lowest BCUT2D eigenvalue weighted by atomic mass is 10.0. The van der Waals surface area contributed by atoms with E-state index in [1.165, 1.54) is 25.0 Å². The molecule has 0 unspecified atom stereocenters. The Hall–Kier alpha value is -2.82. The van der Waals surface area contributed by atoms with Gasteiger partial charge in [-0.05, 0) is 65.6 Å². The van der Waals surface area contributed by atoms with E-state index in [1.54, 1.807) is 23.3 Å². The molecule has 0 atom stereocenters. The van der Waals surface area contributed by atoms with Crippen molar-refractivity contribution in [2.45, 2.75) is 12.8 Å². The van der Waals surface area contributed by atoms with Crippen LogP contribution in [0.1, 0.15) is 12.8 Å². The summed E-state index contributed by atoms with van der Waals surface area (Å²) in [5.74, 6) is 0.766. The Labute approximate surface area is 192 Å². The van der Waals surface area contributed by atoms with Crippen LogP contribution in [0.2, 0.25) is 0 Å². The molecule has 0 bridgehead atoms. The van der Waals surface area contributed by atoms with Crippen molar-refractivity contribution in [3.05, 3.63) is 52.4 Å². The molecule has 0 saturated heterocycles. The summed E-state index contributed by atoms with van der Waals surface area (Å²) >= 11 is 2.22. The van der Waals surface area contributed by atoms with Crippen LogP contribution in [0, 0.1) is 15.4 Å². The molecule has 1 aliphatic carbocycles. The third-order valence-corrected chi connectivity index (χ3v) is 6.55. The Morgan fingerprint density at radius 1 is 1.13 bits per heavy atom. The van der Waals surface area contributed by atoms with Gasteiger partial charge in [0.1, 0.15) is 26.7 Å². The monoisotopic (exact) mass is 530 g/mol. The van der Waals surface area contributed by atoms with Crippen LogP contribution < -0.4 is 4.74 Å². The van der Waals surface area contributed by atoms with E-state index in [9.17, 15) is 4.39 Å². The molecule has 0 spiro atoms. The first kappa shape index (κ1) is 20.1. The topological polar surface area (TPSA) is 70.7 Å². The van der Waals surface area contributed by atoms with E-state index in [2.05, 4.69) is 42.9 Å². The molecule has 31 heavy (non-hydrogen) atoms. The van der Waals surface area contributed by atoms with E-state index >= 15 is 0 Å². The highest BCUT2D eigenvalue weighted by atomic mass is 127. The van der Waals surface area contributed by atoms with Crippen LogP contribution in [0.5, 0.6) is 5.75 Å². The van der Waals surface area contributed by atoms with Gasteiger partial charge in [0.2, 0.25) is 0 Å². The molecule has 0 N–H and O–H groups in total. The number of pyridine rings is 1. The average molecular weight is 530 g/mol. The molecule has 4 aromatic rings. The first-order chi connectivity index (χ1) is 15.0. The third kappa shape index (κ3) is 3.93. The number of halogens is 2. The van der Waals surface area contributed by atoms with Gasteiger partial charge >= 0.3 is 0 Å². The second-order valence-corrected chi connectivity index (χ2v) is 8.75. The normalized spacial score (nSPS) is 13.5. The molecule has 158 valence electrons. The highest BCUT2D eigenvalue weighted by molar-refractivity contribution is 14.1. The second kappa shape index (κ2) is 8.03. The molecule has 5 rings (SSSR count). The number of ether oxygens (including phenoxy) is 1. The van der Waals surface area contributed by atoms with Gasteiger partial charge in [0.25, 0.3) is 0 Å². The molecule has 7 nitrogen and oxygen atoms in total. The Morgan fingerprint density at radius 2 is 1.97 bits per heavy atom. The molecule has 3 heterocycles. The molecule has 9 heteroatoms. The zero-order chi connectivity index (χ0) is 21.5. The summed E-state index contributed by atoms with van der Waals surface area (Å²) in [6.45, 7) is 0.600. The minimum atomic E-state index is -0.324. The predicted molar refractivity (Wildman–Crippen MR) is 123 cm³/mol. The molecular formula is C22H20FIN6O. The van der Waals surface area contributed by atoms with Gasteiger partial charge in [-0.1, -0.05) is 5.21 Å². The second-order valence-electron chi connectivity index (χ2n) is 7.73. The maximum absolute atomic E-state index is 14.0. The summed E-state index contributed by atoms with van der Waals surface area (Å²) in [6.07, 6.45) is 5.81. The van der Waals surface area contributed by atoms with E-state index in [0.717, 1.165) is 26.2 Å². The Kier molecular flexibility index (Phi) is 5.20. The van der Waals surface area contributed by atoms with Gasteiger partial charge in [-0.25, -0.2) is 14.1 Å². The Morgan fingerprint density at radius 3 is 2.71 bits per heavy atom. The van der Waals surface area contributed by atoms with E-state index in [0.29, 0.717) is 29.7 Å². The van der Waals surface area contributed by atoms with Crippen LogP contribution in [0.4, 0.5) is 4.39 Å². The van der Waals surface area contributed by atoms with E-state index < -0.39 is 0 Å². The number of nitrogens with zero attached hydrogens (tertiary/aromatic N) is 6. The predicted octanol–water partition coefficient (Wildman–Crippen LogP) is 4.48. The highest BCUT2D eigenvalue weighted by Gasteiger charge is 2.24. The molecule has 0 radical (unpaired) electrons. The SMILES string of the molecule is Cn1cnc(-c2cc(-c3nnn(C)c3I)ccn2)c1-c1ccc(F)cc1OCC1CC1. The van der Waals surface area contributed by atoms with Gasteiger partial charge in [-0.15, -0.1) is 5.10 Å². The standard InChI is InChI=1S/C22H20FIN6O/c1-29-12-26-20(17-9-14(7-8-25-17)19-22(24)30(2)28-27-19)21(29)16-6-5-15(23)10-18(16)31-11-13-3-4-13/h5-10,12-13H,3-4,11H2,1-2H3. The fourth-order valence-corrected chi connectivity index (χ4v) is 3.98. The van der Waals surface area contributed by atoms with Crippen LogP contribution in [0.25, 0.3) is 33.9 Å². The minimum Gasteiger partial charge on any atom is -0.492 e. The molecule has 1 saturated carbocycles. The lowest BCUT2D eigenvalue weighted by Crippen LogP contribution is -2.03. The zero-order valence-electron chi connectivity index (χ0n) is 17.1. The Bertz CT molecular complexity index is 1260. The first-order valence-electron chi connectivity index (χ1n) is 9.97. The van der Waals surface area contributed by atoms with E-state index in [1.807, 2.05) is 30.8 Å². The van der Waals surface area contributed by atoms with Gasteiger partial charge in [-0.2, -0.15) is 0 Å². The minimum absolute atomic E-state index is 0.324. The lowest BCUT2D eigenvalue weighted by molar-refractivity contribution is 0.299. The number of aromatic nitrogens is 6. The van der Waals surface area contributed by atoms with E-state index in [4.69, 9.17) is 4.74 Å². The molecule has 1 fully saturated rings. The van der Waals surface area contributed by atoms with Crippen LogP contribution in [-0.2, 0) is 14.1 Å². The van der Waals surface area contributed by atoms with E-state index in [-0.39, 0.29) is 5.82 Å². The quantitative estimate of drug-likeness (QED) is 0.344. The van der Waals surface area contributed by atoms with Crippen LogP contribution in [0.15, 0.2) is 42.9 Å². The fraction of sp³-hybridized carbons (Fsp3) is 0.273. The number of benzene rings is 1. The van der Waals surface area contributed by atoms with Gasteiger partial charge in [-0.3, -0.25) is 4.98 Å². The lowest BCUT2D eigenvalue weighted by Gasteiger charge is -2.13. The summed E-state index contributed by atoms with van der Waals surface area (Å²) in [5, 5.41) is 8.36. The van der Waals surface area contributed by atoms with Gasteiger partial charge in [0.05, 0.1) is 24.3 Å². The van der Waals surface area contributed by atoms with Crippen LogP contribution in [-0.4, -0.2) is 36.1 Å². The van der Waals surface area contributed by atoms with Gasteiger partial charge in [0.15, 0.2) is 0 Å². The van der Waals surface area contributed by atoms with Crippen molar-refractivity contribution in [3.8, 4) is 39.7 Å². The van der Waals surface area contributed by atoms with Gasteiger partial charge in [0, 0.05) is 37.5 Å². The number of hydrogen-bond acceptors (Lipinski definition) is 5. The highest BCUT2D eigenvalue weighted by Crippen LogP contribution is 2.38. The molecular weight excluding hydrogens is 510 g/mol. The summed E-state index contributed by atoms with van der Waals surface area (Å²) in [7, 11) is 3.77. The molecule has 0 amide bonds. The summed E-state index contributed by atoms with van der Waals surface area (Å²) in [4.78, 5) is 9.16. The summed E-state index contributed by atoms with van der Waals surface area (Å²) in [6, 6.07) is 8.49. The third-order valence-electron chi connectivity index (χ3n) is 5.34. The maximum atomic E-state index is 14.0.